The second-order valence-corrected chi connectivity index (χ2v) is 8.68. The molecule has 4 heteroatoms. The Morgan fingerprint density at radius 3 is 2.65 bits per heavy atom. The molecule has 2 aromatic carbocycles. The van der Waals surface area contributed by atoms with Crippen molar-refractivity contribution in [2.45, 2.75) is 45.6 Å². The standard InChI is InChI=1S/C22H27BrN2O/c1-14-9-17(7-8-19(14)23)24-13-16-10-18-15(2)12-22(3,4)25(5)20(18)11-21(16)26-6/h7-11,13,15H,12H2,1-6H3. The molecule has 0 spiro atoms. The smallest absolute Gasteiger partial charge is 0.129 e. The van der Waals surface area contributed by atoms with Crippen LogP contribution in [0, 0.1) is 6.92 Å². The van der Waals surface area contributed by atoms with Crippen molar-refractivity contribution >= 4 is 33.5 Å². The van der Waals surface area contributed by atoms with Gasteiger partial charge in [0, 0.05) is 40.6 Å². The summed E-state index contributed by atoms with van der Waals surface area (Å²) in [6.07, 6.45) is 3.04. The Kier molecular flexibility index (Phi) is 5.16. The number of halogens is 1. The highest BCUT2D eigenvalue weighted by Gasteiger charge is 2.34. The topological polar surface area (TPSA) is 24.8 Å². The van der Waals surface area contributed by atoms with Crippen LogP contribution >= 0.6 is 15.9 Å². The van der Waals surface area contributed by atoms with E-state index in [2.05, 4.69) is 78.8 Å². The molecule has 1 aliphatic heterocycles. The predicted octanol–water partition coefficient (Wildman–Crippen LogP) is 6.24. The molecule has 0 N–H and O–H groups in total. The van der Waals surface area contributed by atoms with Gasteiger partial charge in [0.2, 0.25) is 0 Å². The molecule has 3 nitrogen and oxygen atoms in total. The monoisotopic (exact) mass is 414 g/mol. The summed E-state index contributed by atoms with van der Waals surface area (Å²) in [4.78, 5) is 7.03. The third-order valence-corrected chi connectivity index (χ3v) is 6.37. The fourth-order valence-corrected chi connectivity index (χ4v) is 3.99. The van der Waals surface area contributed by atoms with Gasteiger partial charge in [-0.2, -0.15) is 0 Å². The zero-order valence-corrected chi connectivity index (χ0v) is 18.0. The van der Waals surface area contributed by atoms with Crippen LogP contribution in [0.15, 0.2) is 39.8 Å². The summed E-state index contributed by atoms with van der Waals surface area (Å²) in [5.74, 6) is 1.36. The van der Waals surface area contributed by atoms with Gasteiger partial charge in [0.05, 0.1) is 12.8 Å². The van der Waals surface area contributed by atoms with Crippen molar-refractivity contribution in [3.05, 3.63) is 51.5 Å². The molecule has 0 amide bonds. The van der Waals surface area contributed by atoms with E-state index in [-0.39, 0.29) is 5.54 Å². The Bertz CT molecular complexity index is 857. The van der Waals surface area contributed by atoms with E-state index in [0.717, 1.165) is 27.9 Å². The normalized spacial score (nSPS) is 18.9. The first-order valence-corrected chi connectivity index (χ1v) is 9.78. The van der Waals surface area contributed by atoms with Gasteiger partial charge in [0.15, 0.2) is 0 Å². The van der Waals surface area contributed by atoms with Crippen LogP contribution in [-0.4, -0.2) is 25.9 Å². The summed E-state index contributed by atoms with van der Waals surface area (Å²) in [7, 11) is 3.89. The van der Waals surface area contributed by atoms with Gasteiger partial charge in [0.25, 0.3) is 0 Å². The molecule has 0 aliphatic carbocycles. The van der Waals surface area contributed by atoms with Gasteiger partial charge in [-0.05, 0) is 68.5 Å². The number of fused-ring (bicyclic) bond motifs is 1. The molecule has 26 heavy (non-hydrogen) atoms. The molecular formula is C22H27BrN2O. The Morgan fingerprint density at radius 2 is 2.00 bits per heavy atom. The van der Waals surface area contributed by atoms with E-state index in [9.17, 15) is 0 Å². The van der Waals surface area contributed by atoms with Crippen molar-refractivity contribution in [1.29, 1.82) is 0 Å². The molecule has 2 aromatic rings. The highest BCUT2D eigenvalue weighted by molar-refractivity contribution is 9.10. The first-order chi connectivity index (χ1) is 12.2. The van der Waals surface area contributed by atoms with Gasteiger partial charge in [-0.3, -0.25) is 4.99 Å². The van der Waals surface area contributed by atoms with Crippen LogP contribution in [0.1, 0.15) is 49.8 Å². The van der Waals surface area contributed by atoms with Crippen LogP contribution in [-0.2, 0) is 0 Å². The predicted molar refractivity (Wildman–Crippen MR) is 115 cm³/mol. The lowest BCUT2D eigenvalue weighted by Gasteiger charge is -2.45. The van der Waals surface area contributed by atoms with Crippen molar-refractivity contribution in [2.24, 2.45) is 4.99 Å². The van der Waals surface area contributed by atoms with Gasteiger partial charge in [-0.15, -0.1) is 0 Å². The Hall–Kier alpha value is -1.81. The second-order valence-electron chi connectivity index (χ2n) is 7.82. The summed E-state index contributed by atoms with van der Waals surface area (Å²) in [5, 5.41) is 0. The molecule has 0 aromatic heterocycles. The lowest BCUT2D eigenvalue weighted by atomic mass is 9.80. The number of aryl methyl sites for hydroxylation is 1. The van der Waals surface area contributed by atoms with Crippen molar-refractivity contribution < 1.29 is 4.74 Å². The largest absolute Gasteiger partial charge is 0.496 e. The van der Waals surface area contributed by atoms with Crippen LogP contribution in [0.4, 0.5) is 11.4 Å². The fourth-order valence-electron chi connectivity index (χ4n) is 3.74. The molecule has 3 rings (SSSR count). The van der Waals surface area contributed by atoms with Crippen molar-refractivity contribution in [3.8, 4) is 5.75 Å². The SMILES string of the molecule is COc1cc2c(cc1C=Nc1ccc(Br)c(C)c1)C(C)CC(C)(C)N2C. The zero-order valence-electron chi connectivity index (χ0n) is 16.4. The number of rotatable bonds is 3. The van der Waals surface area contributed by atoms with E-state index in [1.807, 2.05) is 18.3 Å². The third kappa shape index (κ3) is 3.52. The molecule has 0 fully saturated rings. The van der Waals surface area contributed by atoms with Crippen molar-refractivity contribution in [2.75, 3.05) is 19.1 Å². The number of benzene rings is 2. The first kappa shape index (κ1) is 19.0. The number of methoxy groups -OCH3 is 1. The molecule has 1 unspecified atom stereocenters. The molecule has 0 saturated heterocycles. The summed E-state index contributed by atoms with van der Waals surface area (Å²) in [6, 6.07) is 10.5. The van der Waals surface area contributed by atoms with Crippen molar-refractivity contribution in [3.63, 3.8) is 0 Å². The Balaban J connectivity index is 2.02. The van der Waals surface area contributed by atoms with E-state index in [1.54, 1.807) is 7.11 Å². The van der Waals surface area contributed by atoms with Gasteiger partial charge >= 0.3 is 0 Å². The summed E-state index contributed by atoms with van der Waals surface area (Å²) in [5.41, 5.74) is 5.89. The molecule has 1 heterocycles. The van der Waals surface area contributed by atoms with E-state index < -0.39 is 0 Å². The molecule has 1 atom stereocenters. The fraction of sp³-hybridized carbons (Fsp3) is 0.409. The van der Waals surface area contributed by atoms with Gasteiger partial charge < -0.3 is 9.64 Å². The molecule has 0 bridgehead atoms. The van der Waals surface area contributed by atoms with Crippen LogP contribution in [0.2, 0.25) is 0 Å². The molecular weight excluding hydrogens is 388 g/mol. The summed E-state index contributed by atoms with van der Waals surface area (Å²) in [6.45, 7) is 8.97. The minimum absolute atomic E-state index is 0.141. The highest BCUT2D eigenvalue weighted by Crippen LogP contribution is 2.44. The summed E-state index contributed by atoms with van der Waals surface area (Å²) >= 11 is 3.53. The van der Waals surface area contributed by atoms with Crippen LogP contribution in [0.25, 0.3) is 0 Å². The zero-order chi connectivity index (χ0) is 19.1. The number of anilines is 1. The summed E-state index contributed by atoms with van der Waals surface area (Å²) < 4.78 is 6.77. The first-order valence-electron chi connectivity index (χ1n) is 8.99. The van der Waals surface area contributed by atoms with Gasteiger partial charge in [-0.1, -0.05) is 22.9 Å². The Labute approximate surface area is 165 Å². The maximum absolute atomic E-state index is 5.67. The second kappa shape index (κ2) is 7.07. The molecule has 138 valence electrons. The highest BCUT2D eigenvalue weighted by atomic mass is 79.9. The number of ether oxygens (including phenoxy) is 1. The van der Waals surface area contributed by atoms with Crippen LogP contribution in [0.5, 0.6) is 5.75 Å². The number of hydrogen-bond acceptors (Lipinski definition) is 3. The van der Waals surface area contributed by atoms with Crippen LogP contribution in [0.3, 0.4) is 0 Å². The average molecular weight is 415 g/mol. The van der Waals surface area contributed by atoms with Crippen molar-refractivity contribution in [1.82, 2.24) is 0 Å². The number of nitrogens with zero attached hydrogens (tertiary/aromatic N) is 2. The van der Waals surface area contributed by atoms with E-state index in [0.29, 0.717) is 5.92 Å². The lowest BCUT2D eigenvalue weighted by Crippen LogP contribution is -2.45. The lowest BCUT2D eigenvalue weighted by molar-refractivity contribution is 0.389. The van der Waals surface area contributed by atoms with Gasteiger partial charge in [-0.25, -0.2) is 0 Å². The molecule has 1 aliphatic rings. The van der Waals surface area contributed by atoms with Crippen LogP contribution < -0.4 is 9.64 Å². The molecule has 0 radical (unpaired) electrons. The van der Waals surface area contributed by atoms with E-state index >= 15 is 0 Å². The Morgan fingerprint density at radius 1 is 1.27 bits per heavy atom. The molecule has 0 saturated carbocycles. The minimum Gasteiger partial charge on any atom is -0.496 e. The van der Waals surface area contributed by atoms with E-state index in [4.69, 9.17) is 4.74 Å². The third-order valence-electron chi connectivity index (χ3n) is 5.48. The maximum atomic E-state index is 5.67. The minimum atomic E-state index is 0.141. The van der Waals surface area contributed by atoms with Gasteiger partial charge in [0.1, 0.15) is 5.75 Å². The average Bonchev–Trinajstić information content (AvgIpc) is 2.60. The maximum Gasteiger partial charge on any atom is 0.129 e. The number of aliphatic imine (C=N–C) groups is 1. The number of hydrogen-bond donors (Lipinski definition) is 0. The van der Waals surface area contributed by atoms with E-state index in [1.165, 1.54) is 16.8 Å². The quantitative estimate of drug-likeness (QED) is 0.555.